The summed E-state index contributed by atoms with van der Waals surface area (Å²) in [5.74, 6) is 0. The Balaban J connectivity index is 1.91. The third kappa shape index (κ3) is 5.24. The minimum atomic E-state index is -1.28. The third-order valence-electron chi connectivity index (χ3n) is 4.52. The molecule has 1 heterocycles. The molecule has 0 spiro atoms. The van der Waals surface area contributed by atoms with Crippen LogP contribution in [0.25, 0.3) is 0 Å². The summed E-state index contributed by atoms with van der Waals surface area (Å²) in [5, 5.41) is 18.9. The van der Waals surface area contributed by atoms with Gasteiger partial charge < -0.3 is 14.9 Å². The van der Waals surface area contributed by atoms with Crippen LogP contribution in [0.15, 0.2) is 17.9 Å². The number of rotatable bonds is 4. The predicted octanol–water partition coefficient (Wildman–Crippen LogP) is 2.21. The maximum absolute atomic E-state index is 9.46. The Morgan fingerprint density at radius 3 is 2.81 bits per heavy atom. The van der Waals surface area contributed by atoms with Crippen LogP contribution in [-0.4, -0.2) is 52.7 Å². The highest BCUT2D eigenvalue weighted by Crippen LogP contribution is 2.24. The lowest BCUT2D eigenvalue weighted by atomic mass is 10.1. The summed E-state index contributed by atoms with van der Waals surface area (Å²) >= 11 is 0. The summed E-state index contributed by atoms with van der Waals surface area (Å²) < 4.78 is 6.19. The van der Waals surface area contributed by atoms with Gasteiger partial charge in [0.2, 0.25) is 0 Å². The van der Waals surface area contributed by atoms with Gasteiger partial charge in [-0.1, -0.05) is 26.2 Å². The Bertz CT molecular complexity index is 363. The fraction of sp³-hybridized carbons (Fsp3) is 0.824. The van der Waals surface area contributed by atoms with E-state index in [1.165, 1.54) is 25.7 Å². The highest BCUT2D eigenvalue weighted by atomic mass is 16.5. The fourth-order valence-corrected chi connectivity index (χ4v) is 3.30. The molecule has 3 atom stereocenters. The molecular weight excluding hydrogens is 266 g/mol. The Labute approximate surface area is 128 Å². The number of nitrogens with zero attached hydrogens (tertiary/aromatic N) is 1. The van der Waals surface area contributed by atoms with E-state index in [1.807, 2.05) is 13.0 Å². The normalized spacial score (nSPS) is 31.9. The van der Waals surface area contributed by atoms with Crippen LogP contribution in [0.3, 0.4) is 0 Å². The largest absolute Gasteiger partial charge is 0.369 e. The highest BCUT2D eigenvalue weighted by molar-refractivity contribution is 4.94. The minimum absolute atomic E-state index is 0.0859. The van der Waals surface area contributed by atoms with E-state index in [0.29, 0.717) is 6.42 Å². The van der Waals surface area contributed by atoms with Gasteiger partial charge >= 0.3 is 0 Å². The van der Waals surface area contributed by atoms with Crippen molar-refractivity contribution in [3.63, 3.8) is 0 Å². The molecule has 0 amide bonds. The van der Waals surface area contributed by atoms with Gasteiger partial charge in [0.1, 0.15) is 0 Å². The molecule has 0 radical (unpaired) electrons. The number of aliphatic hydroxyl groups excluding tert-OH is 1. The van der Waals surface area contributed by atoms with Gasteiger partial charge in [0.05, 0.1) is 18.2 Å². The van der Waals surface area contributed by atoms with Gasteiger partial charge in [-0.2, -0.15) is 0 Å². The first kappa shape index (κ1) is 16.7. The van der Waals surface area contributed by atoms with E-state index in [1.54, 1.807) is 0 Å². The van der Waals surface area contributed by atoms with Crippen molar-refractivity contribution < 1.29 is 14.9 Å². The zero-order valence-electron chi connectivity index (χ0n) is 13.1. The lowest BCUT2D eigenvalue weighted by Gasteiger charge is -2.23. The molecule has 3 unspecified atom stereocenters. The van der Waals surface area contributed by atoms with Gasteiger partial charge in [-0.25, -0.2) is 0 Å². The molecule has 1 saturated heterocycles. The van der Waals surface area contributed by atoms with Crippen LogP contribution in [0.2, 0.25) is 0 Å². The summed E-state index contributed by atoms with van der Waals surface area (Å²) in [5.41, 5.74) is 3.25. The van der Waals surface area contributed by atoms with E-state index in [4.69, 9.17) is 4.74 Å². The summed E-state index contributed by atoms with van der Waals surface area (Å²) in [7, 11) is 0. The average Bonchev–Trinajstić information content (AvgIpc) is 2.89. The number of ether oxygens (including phenoxy) is 1. The van der Waals surface area contributed by atoms with Crippen molar-refractivity contribution >= 4 is 0 Å². The van der Waals surface area contributed by atoms with Crippen LogP contribution in [0.1, 0.15) is 51.9 Å². The van der Waals surface area contributed by atoms with Crippen LogP contribution >= 0.6 is 0 Å². The fourth-order valence-electron chi connectivity index (χ4n) is 3.30. The van der Waals surface area contributed by atoms with E-state index in [0.717, 1.165) is 25.9 Å². The van der Waals surface area contributed by atoms with Crippen molar-refractivity contribution in [1.29, 1.82) is 0 Å². The van der Waals surface area contributed by atoms with Crippen LogP contribution in [0.5, 0.6) is 0 Å². The lowest BCUT2D eigenvalue weighted by Crippen LogP contribution is -2.38. The quantitative estimate of drug-likeness (QED) is 0.617. The number of hydrogen-bond donors (Lipinski definition) is 2. The molecule has 0 saturated carbocycles. The van der Waals surface area contributed by atoms with Crippen LogP contribution < -0.4 is 0 Å². The van der Waals surface area contributed by atoms with Crippen molar-refractivity contribution in [3.05, 3.63) is 17.9 Å². The lowest BCUT2D eigenvalue weighted by molar-refractivity contribution is -0.0903. The average molecular weight is 295 g/mol. The molecule has 4 heteroatoms. The van der Waals surface area contributed by atoms with Gasteiger partial charge in [0.15, 0.2) is 6.29 Å². The number of likely N-dealkylation sites (tertiary alicyclic amines) is 1. The van der Waals surface area contributed by atoms with Crippen molar-refractivity contribution in [2.75, 3.05) is 13.1 Å². The van der Waals surface area contributed by atoms with Crippen molar-refractivity contribution in [2.24, 2.45) is 0 Å². The number of aliphatic hydroxyl groups is 2. The van der Waals surface area contributed by atoms with Gasteiger partial charge in [-0.15, -0.1) is 5.73 Å². The molecule has 0 bridgehead atoms. The number of likely N-dealkylation sites (N-methyl/N-ethyl adjacent to an activating group) is 1. The molecule has 1 fully saturated rings. The summed E-state index contributed by atoms with van der Waals surface area (Å²) in [6.45, 7) is 3.65. The molecule has 0 aromatic heterocycles. The molecule has 4 nitrogen and oxygen atoms in total. The predicted molar refractivity (Wildman–Crippen MR) is 82.9 cm³/mol. The second kappa shape index (κ2) is 8.72. The molecule has 2 rings (SSSR count). The second-order valence-corrected chi connectivity index (χ2v) is 6.13. The standard InChI is InChI=1S/C17H29NO3/c1-2-18-13-15(12-16(18)17(19)20)21-14-10-8-6-4-3-5-7-9-11-14/h6,10,14-17,19-20H,2-5,7,9,11-13H2,1H3. The molecule has 2 aliphatic rings. The molecular formula is C17H29NO3. The minimum Gasteiger partial charge on any atom is -0.369 e. The van der Waals surface area contributed by atoms with Gasteiger partial charge in [-0.05, 0) is 44.4 Å². The summed E-state index contributed by atoms with van der Waals surface area (Å²) in [6.07, 6.45) is 10.9. The second-order valence-electron chi connectivity index (χ2n) is 6.13. The summed E-state index contributed by atoms with van der Waals surface area (Å²) in [6, 6.07) is -0.195. The Morgan fingerprint density at radius 1 is 1.29 bits per heavy atom. The van der Waals surface area contributed by atoms with E-state index < -0.39 is 6.29 Å². The smallest absolute Gasteiger partial charge is 0.167 e. The molecule has 0 aromatic rings. The Morgan fingerprint density at radius 2 is 2.10 bits per heavy atom. The van der Waals surface area contributed by atoms with E-state index in [2.05, 4.69) is 16.7 Å². The van der Waals surface area contributed by atoms with Crippen molar-refractivity contribution in [3.8, 4) is 0 Å². The monoisotopic (exact) mass is 295 g/mol. The van der Waals surface area contributed by atoms with Crippen molar-refractivity contribution in [2.45, 2.75) is 76.4 Å². The SMILES string of the molecule is CCN1CC(OC2C=C=CCCCCCC2)CC1C(O)O. The number of hydrogen-bond acceptors (Lipinski definition) is 4. The topological polar surface area (TPSA) is 52.9 Å². The Hall–Kier alpha value is -0.640. The first-order chi connectivity index (χ1) is 10.2. The molecule has 0 aromatic carbocycles. The highest BCUT2D eigenvalue weighted by Gasteiger charge is 2.36. The first-order valence-corrected chi connectivity index (χ1v) is 8.37. The maximum Gasteiger partial charge on any atom is 0.167 e. The van der Waals surface area contributed by atoms with Crippen LogP contribution in [-0.2, 0) is 4.74 Å². The van der Waals surface area contributed by atoms with Crippen LogP contribution in [0, 0.1) is 0 Å². The maximum atomic E-state index is 9.46. The molecule has 21 heavy (non-hydrogen) atoms. The van der Waals surface area contributed by atoms with Gasteiger partial charge in [0.25, 0.3) is 0 Å². The summed E-state index contributed by atoms with van der Waals surface area (Å²) in [4.78, 5) is 2.09. The van der Waals surface area contributed by atoms with Crippen molar-refractivity contribution in [1.82, 2.24) is 4.90 Å². The van der Waals surface area contributed by atoms with E-state index in [-0.39, 0.29) is 18.2 Å². The first-order valence-electron chi connectivity index (χ1n) is 8.37. The molecule has 1 aliphatic carbocycles. The zero-order valence-corrected chi connectivity index (χ0v) is 13.1. The molecule has 120 valence electrons. The molecule has 1 aliphatic heterocycles. The van der Waals surface area contributed by atoms with Crippen LogP contribution in [0.4, 0.5) is 0 Å². The van der Waals surface area contributed by atoms with Gasteiger partial charge in [0, 0.05) is 6.54 Å². The van der Waals surface area contributed by atoms with E-state index >= 15 is 0 Å². The molecule has 2 N–H and O–H groups in total. The third-order valence-corrected chi connectivity index (χ3v) is 4.52. The van der Waals surface area contributed by atoms with E-state index in [9.17, 15) is 10.2 Å². The zero-order chi connectivity index (χ0) is 15.1. The Kier molecular flexibility index (Phi) is 6.94. The van der Waals surface area contributed by atoms with Gasteiger partial charge in [-0.3, -0.25) is 4.90 Å².